The topological polar surface area (TPSA) is 46.2 Å². The predicted molar refractivity (Wildman–Crippen MR) is 66.2 cm³/mol. The molecule has 3 N–H and O–H groups in total. The number of hydrogen-bond acceptors (Lipinski definition) is 2. The van der Waals surface area contributed by atoms with Crippen molar-refractivity contribution in [2.24, 2.45) is 5.73 Å². The van der Waals surface area contributed by atoms with E-state index in [1.807, 2.05) is 43.3 Å². The van der Waals surface area contributed by atoms with Gasteiger partial charge in [0.15, 0.2) is 0 Å². The van der Waals surface area contributed by atoms with Crippen LogP contribution in [0.15, 0.2) is 42.5 Å². The maximum absolute atomic E-state index is 9.49. The number of rotatable bonds is 2. The van der Waals surface area contributed by atoms with Crippen LogP contribution >= 0.6 is 0 Å². The fourth-order valence-corrected chi connectivity index (χ4v) is 1.80. The lowest BCUT2D eigenvalue weighted by Crippen LogP contribution is -1.98. The fraction of sp³-hybridized carbons (Fsp3) is 0.143. The molecule has 0 atom stereocenters. The maximum atomic E-state index is 9.49. The van der Waals surface area contributed by atoms with E-state index in [0.29, 0.717) is 12.3 Å². The van der Waals surface area contributed by atoms with E-state index in [1.54, 1.807) is 6.07 Å². The second-order valence-corrected chi connectivity index (χ2v) is 3.86. The Morgan fingerprint density at radius 1 is 1.12 bits per heavy atom. The summed E-state index contributed by atoms with van der Waals surface area (Å²) in [7, 11) is 0. The molecular formula is C14H15NO. The number of hydrogen-bond donors (Lipinski definition) is 2. The van der Waals surface area contributed by atoms with Gasteiger partial charge in [0.25, 0.3) is 0 Å². The normalized spacial score (nSPS) is 10.4. The third-order valence-electron chi connectivity index (χ3n) is 2.75. The molecule has 0 saturated heterocycles. The van der Waals surface area contributed by atoms with Crippen molar-refractivity contribution < 1.29 is 5.11 Å². The van der Waals surface area contributed by atoms with Crippen molar-refractivity contribution in [3.63, 3.8) is 0 Å². The Labute approximate surface area is 95.4 Å². The van der Waals surface area contributed by atoms with Gasteiger partial charge in [-0.15, -0.1) is 0 Å². The molecule has 2 aromatic rings. The highest BCUT2D eigenvalue weighted by Crippen LogP contribution is 2.27. The molecule has 0 saturated carbocycles. The van der Waals surface area contributed by atoms with Crippen molar-refractivity contribution in [3.8, 4) is 16.9 Å². The first kappa shape index (κ1) is 10.7. The SMILES string of the molecule is Cc1cc(-c2ccccc2CN)ccc1O. The zero-order chi connectivity index (χ0) is 11.5. The minimum atomic E-state index is 0.328. The Hall–Kier alpha value is -1.80. The minimum absolute atomic E-state index is 0.328. The lowest BCUT2D eigenvalue weighted by atomic mass is 9.98. The summed E-state index contributed by atoms with van der Waals surface area (Å²) in [4.78, 5) is 0. The number of aromatic hydroxyl groups is 1. The Morgan fingerprint density at radius 3 is 2.56 bits per heavy atom. The first-order valence-electron chi connectivity index (χ1n) is 5.30. The summed E-state index contributed by atoms with van der Waals surface area (Å²) in [6.45, 7) is 2.42. The van der Waals surface area contributed by atoms with Crippen molar-refractivity contribution in [3.05, 3.63) is 53.6 Å². The van der Waals surface area contributed by atoms with Crippen LogP contribution in [0.3, 0.4) is 0 Å². The van der Waals surface area contributed by atoms with Gasteiger partial charge in [-0.3, -0.25) is 0 Å². The van der Waals surface area contributed by atoms with E-state index in [-0.39, 0.29) is 0 Å². The summed E-state index contributed by atoms with van der Waals surface area (Å²) in [5.41, 5.74) is 9.93. The highest BCUT2D eigenvalue weighted by molar-refractivity contribution is 5.69. The van der Waals surface area contributed by atoms with E-state index in [1.165, 1.54) is 0 Å². The summed E-state index contributed by atoms with van der Waals surface area (Å²) < 4.78 is 0. The molecule has 0 aliphatic rings. The number of phenols is 1. The molecule has 2 nitrogen and oxygen atoms in total. The predicted octanol–water partition coefficient (Wildman–Crippen LogP) is 2.83. The smallest absolute Gasteiger partial charge is 0.118 e. The van der Waals surface area contributed by atoms with E-state index in [9.17, 15) is 5.11 Å². The maximum Gasteiger partial charge on any atom is 0.118 e. The Morgan fingerprint density at radius 2 is 1.88 bits per heavy atom. The van der Waals surface area contributed by atoms with Crippen LogP contribution in [0.5, 0.6) is 5.75 Å². The molecular weight excluding hydrogens is 198 g/mol. The molecule has 0 unspecified atom stereocenters. The molecule has 16 heavy (non-hydrogen) atoms. The van der Waals surface area contributed by atoms with Crippen LogP contribution in [0.1, 0.15) is 11.1 Å². The van der Waals surface area contributed by atoms with Gasteiger partial charge in [0.05, 0.1) is 0 Å². The largest absolute Gasteiger partial charge is 0.508 e. The van der Waals surface area contributed by atoms with Crippen LogP contribution in [0, 0.1) is 6.92 Å². The van der Waals surface area contributed by atoms with Crippen molar-refractivity contribution in [2.45, 2.75) is 13.5 Å². The van der Waals surface area contributed by atoms with Gasteiger partial charge in [-0.05, 0) is 41.3 Å². The van der Waals surface area contributed by atoms with Gasteiger partial charge in [0, 0.05) is 6.54 Å². The molecule has 0 spiro atoms. The van der Waals surface area contributed by atoms with E-state index in [4.69, 9.17) is 5.73 Å². The molecule has 2 rings (SSSR count). The van der Waals surface area contributed by atoms with Gasteiger partial charge in [0.1, 0.15) is 5.75 Å². The van der Waals surface area contributed by atoms with Crippen LogP contribution in [0.2, 0.25) is 0 Å². The molecule has 2 heteroatoms. The molecule has 2 aromatic carbocycles. The van der Waals surface area contributed by atoms with Gasteiger partial charge in [-0.1, -0.05) is 30.3 Å². The van der Waals surface area contributed by atoms with Crippen LogP contribution in [0.25, 0.3) is 11.1 Å². The van der Waals surface area contributed by atoms with Crippen LogP contribution in [-0.4, -0.2) is 5.11 Å². The number of phenolic OH excluding ortho intramolecular Hbond substituents is 1. The van der Waals surface area contributed by atoms with E-state index in [2.05, 4.69) is 0 Å². The van der Waals surface area contributed by atoms with Gasteiger partial charge in [-0.2, -0.15) is 0 Å². The van der Waals surface area contributed by atoms with E-state index in [0.717, 1.165) is 22.3 Å². The average molecular weight is 213 g/mol. The molecule has 82 valence electrons. The molecule has 0 aliphatic heterocycles. The number of benzene rings is 2. The van der Waals surface area contributed by atoms with Crippen LogP contribution in [0.4, 0.5) is 0 Å². The summed E-state index contributed by atoms with van der Waals surface area (Å²) in [5.74, 6) is 0.328. The second-order valence-electron chi connectivity index (χ2n) is 3.86. The standard InChI is InChI=1S/C14H15NO/c1-10-8-11(6-7-14(10)16)13-5-3-2-4-12(13)9-15/h2-8,16H,9,15H2,1H3. The molecule has 0 bridgehead atoms. The summed E-state index contributed by atoms with van der Waals surface area (Å²) in [6, 6.07) is 13.7. The van der Waals surface area contributed by atoms with E-state index < -0.39 is 0 Å². The highest BCUT2D eigenvalue weighted by atomic mass is 16.3. The fourth-order valence-electron chi connectivity index (χ4n) is 1.80. The lowest BCUT2D eigenvalue weighted by Gasteiger charge is -2.09. The molecule has 0 amide bonds. The van der Waals surface area contributed by atoms with Gasteiger partial charge >= 0.3 is 0 Å². The minimum Gasteiger partial charge on any atom is -0.508 e. The van der Waals surface area contributed by atoms with Crippen molar-refractivity contribution >= 4 is 0 Å². The number of nitrogens with two attached hydrogens (primary N) is 1. The van der Waals surface area contributed by atoms with Crippen molar-refractivity contribution in [1.82, 2.24) is 0 Å². The third-order valence-corrected chi connectivity index (χ3v) is 2.75. The Balaban J connectivity index is 2.54. The molecule has 0 heterocycles. The quantitative estimate of drug-likeness (QED) is 0.805. The molecule has 0 radical (unpaired) electrons. The second kappa shape index (κ2) is 4.37. The molecule has 0 aromatic heterocycles. The van der Waals surface area contributed by atoms with E-state index >= 15 is 0 Å². The third kappa shape index (κ3) is 1.92. The van der Waals surface area contributed by atoms with Crippen molar-refractivity contribution in [1.29, 1.82) is 0 Å². The zero-order valence-electron chi connectivity index (χ0n) is 9.27. The van der Waals surface area contributed by atoms with Crippen molar-refractivity contribution in [2.75, 3.05) is 0 Å². The van der Waals surface area contributed by atoms with Gasteiger partial charge < -0.3 is 10.8 Å². The first-order valence-corrected chi connectivity index (χ1v) is 5.30. The summed E-state index contributed by atoms with van der Waals surface area (Å²) in [6.07, 6.45) is 0. The monoisotopic (exact) mass is 213 g/mol. The Kier molecular flexibility index (Phi) is 2.93. The lowest BCUT2D eigenvalue weighted by molar-refractivity contribution is 0.471. The summed E-state index contributed by atoms with van der Waals surface area (Å²) in [5, 5.41) is 9.49. The van der Waals surface area contributed by atoms with Gasteiger partial charge in [0.2, 0.25) is 0 Å². The molecule has 0 fully saturated rings. The first-order chi connectivity index (χ1) is 7.72. The van der Waals surface area contributed by atoms with Crippen LogP contribution in [-0.2, 0) is 6.54 Å². The average Bonchev–Trinajstić information content (AvgIpc) is 2.32. The highest BCUT2D eigenvalue weighted by Gasteiger charge is 2.04. The summed E-state index contributed by atoms with van der Waals surface area (Å²) >= 11 is 0. The Bertz CT molecular complexity index is 506. The number of aryl methyl sites for hydroxylation is 1. The zero-order valence-corrected chi connectivity index (χ0v) is 9.27. The van der Waals surface area contributed by atoms with Gasteiger partial charge in [-0.25, -0.2) is 0 Å². The van der Waals surface area contributed by atoms with Crippen LogP contribution < -0.4 is 5.73 Å². The molecule has 0 aliphatic carbocycles.